The Morgan fingerprint density at radius 2 is 2.42 bits per heavy atom. The van der Waals surface area contributed by atoms with Crippen molar-refractivity contribution >= 4 is 17.3 Å². The summed E-state index contributed by atoms with van der Waals surface area (Å²) < 4.78 is 114. The number of aromatic nitrogens is 2. The van der Waals surface area contributed by atoms with Crippen LogP contribution in [-0.4, -0.2) is 40.3 Å². The monoisotopic (exact) mass is 294 g/mol. The number of rotatable bonds is 7. The highest BCUT2D eigenvalue weighted by molar-refractivity contribution is 6.99. The predicted octanol–water partition coefficient (Wildman–Crippen LogP) is 3.22. The van der Waals surface area contributed by atoms with Crippen molar-refractivity contribution in [1.82, 2.24) is 13.6 Å². The minimum atomic E-state index is -3.68. The highest BCUT2D eigenvalue weighted by Gasteiger charge is 2.18. The SMILES string of the molecule is [2H]C([2H])([2H])N1CCC=C(c2nsnc2OC([2H])([2H])C([2H])([2H])C([2H])([2H])C([2H])([2H])C([2H])([2H])C)C1. The lowest BCUT2D eigenvalue weighted by atomic mass is 10.1. The van der Waals surface area contributed by atoms with Crippen LogP contribution in [0.1, 0.15) is 62.4 Å². The van der Waals surface area contributed by atoms with E-state index in [4.69, 9.17) is 22.6 Å². The first-order chi connectivity index (χ1) is 14.2. The summed E-state index contributed by atoms with van der Waals surface area (Å²) >= 11 is 0.595. The smallest absolute Gasteiger partial charge is 0.253 e. The zero-order valence-electron chi connectivity index (χ0n) is 23.4. The van der Waals surface area contributed by atoms with Crippen molar-refractivity contribution in [3.8, 4) is 5.88 Å². The molecule has 0 atom stereocenters. The fraction of sp³-hybridized carbons (Fsp3) is 0.714. The summed E-state index contributed by atoms with van der Waals surface area (Å²) in [6.07, 6.45) is -11.6. The van der Waals surface area contributed by atoms with Gasteiger partial charge in [-0.3, -0.25) is 0 Å². The molecular formula is C14H23N3OS. The fourth-order valence-corrected chi connectivity index (χ4v) is 2.07. The maximum atomic E-state index is 8.05. The van der Waals surface area contributed by atoms with E-state index in [1.165, 1.54) is 4.90 Å². The Hall–Kier alpha value is -0.940. The maximum Gasteiger partial charge on any atom is 0.253 e. The first kappa shape index (κ1) is 5.11. The summed E-state index contributed by atoms with van der Waals surface area (Å²) in [5.74, 6) is -0.501. The lowest BCUT2D eigenvalue weighted by Crippen LogP contribution is -2.25. The van der Waals surface area contributed by atoms with Gasteiger partial charge in [-0.05, 0) is 25.3 Å². The molecule has 0 amide bonds. The van der Waals surface area contributed by atoms with E-state index in [0.717, 1.165) is 6.92 Å². The summed E-state index contributed by atoms with van der Waals surface area (Å²) in [4.78, 5) is 1.19. The van der Waals surface area contributed by atoms with Gasteiger partial charge in [-0.25, -0.2) is 0 Å². The largest absolute Gasteiger partial charge is 0.475 e. The van der Waals surface area contributed by atoms with Crippen LogP contribution in [0.15, 0.2) is 6.08 Å². The molecule has 1 aliphatic rings. The van der Waals surface area contributed by atoms with Crippen molar-refractivity contribution < 1.29 is 22.6 Å². The second-order valence-corrected chi connectivity index (χ2v) is 4.22. The van der Waals surface area contributed by atoms with Gasteiger partial charge in [0.25, 0.3) is 5.88 Å². The number of nitrogens with zero attached hydrogens (tertiary/aromatic N) is 3. The van der Waals surface area contributed by atoms with Gasteiger partial charge >= 0.3 is 0 Å². The molecule has 2 rings (SSSR count). The minimum Gasteiger partial charge on any atom is -0.475 e. The summed E-state index contributed by atoms with van der Waals surface area (Å²) in [6, 6.07) is 0. The fourth-order valence-electron chi connectivity index (χ4n) is 1.55. The standard InChI is InChI=1S/C14H23N3OS/c1-3-4-5-6-10-18-14-13(15-19-16-14)12-8-7-9-17(2)11-12/h8H,3-7,9-11H2,1-2H3/i2D3,3D2,4D2,5D2,6D2,10D2. The molecule has 0 aliphatic carbocycles. The van der Waals surface area contributed by atoms with E-state index in [9.17, 15) is 0 Å². The van der Waals surface area contributed by atoms with E-state index in [0.29, 0.717) is 23.7 Å². The molecule has 0 fully saturated rings. The van der Waals surface area contributed by atoms with Crippen molar-refractivity contribution in [2.24, 2.45) is 0 Å². The number of likely N-dealkylation sites (N-methyl/N-ethyl adjacent to an activating group) is 1. The lowest BCUT2D eigenvalue weighted by Gasteiger charge is -2.22. The van der Waals surface area contributed by atoms with Crippen LogP contribution in [0.2, 0.25) is 0 Å². The van der Waals surface area contributed by atoms with Crippen molar-refractivity contribution in [3.63, 3.8) is 0 Å². The zero-order chi connectivity index (χ0) is 25.0. The van der Waals surface area contributed by atoms with Crippen LogP contribution in [0.3, 0.4) is 0 Å². The van der Waals surface area contributed by atoms with Crippen LogP contribution in [0, 0.1) is 0 Å². The Bertz CT molecular complexity index is 859. The second kappa shape index (κ2) is 7.60. The molecule has 4 nitrogen and oxygen atoms in total. The van der Waals surface area contributed by atoms with E-state index in [2.05, 4.69) is 8.75 Å². The average Bonchev–Trinajstić information content (AvgIpc) is 3.07. The molecule has 19 heavy (non-hydrogen) atoms. The van der Waals surface area contributed by atoms with Crippen LogP contribution >= 0.6 is 11.7 Å². The molecule has 0 bridgehead atoms. The molecule has 106 valence electrons. The zero-order valence-corrected chi connectivity index (χ0v) is 11.2. The maximum absolute atomic E-state index is 8.05. The van der Waals surface area contributed by atoms with Crippen molar-refractivity contribution in [1.29, 1.82) is 0 Å². The Morgan fingerprint density at radius 1 is 1.47 bits per heavy atom. The number of hydrogen-bond acceptors (Lipinski definition) is 5. The molecule has 1 aliphatic heterocycles. The molecule has 0 aromatic carbocycles. The van der Waals surface area contributed by atoms with Gasteiger partial charge < -0.3 is 9.64 Å². The highest BCUT2D eigenvalue weighted by atomic mass is 32.1. The van der Waals surface area contributed by atoms with Gasteiger partial charge in [-0.1, -0.05) is 32.1 Å². The van der Waals surface area contributed by atoms with Crippen LogP contribution < -0.4 is 4.74 Å². The molecule has 0 unspecified atom stereocenters. The van der Waals surface area contributed by atoms with E-state index in [-0.39, 0.29) is 18.8 Å². The third-order valence-corrected chi connectivity index (χ3v) is 2.87. The van der Waals surface area contributed by atoms with Gasteiger partial charge in [0.05, 0.1) is 21.0 Å². The normalized spacial score (nSPS) is 31.0. The molecule has 1 aromatic heterocycles. The Labute approximate surface area is 138 Å². The van der Waals surface area contributed by atoms with Crippen LogP contribution in [-0.2, 0) is 0 Å². The van der Waals surface area contributed by atoms with Crippen molar-refractivity contribution in [3.05, 3.63) is 11.8 Å². The van der Waals surface area contributed by atoms with E-state index < -0.39 is 44.9 Å². The molecule has 0 N–H and O–H groups in total. The Morgan fingerprint density at radius 3 is 3.26 bits per heavy atom. The van der Waals surface area contributed by atoms with Gasteiger partial charge in [-0.2, -0.15) is 4.37 Å². The highest BCUT2D eigenvalue weighted by Crippen LogP contribution is 2.27. The Kier molecular flexibility index (Phi) is 2.05. The van der Waals surface area contributed by atoms with Gasteiger partial charge in [0.15, 0.2) is 0 Å². The van der Waals surface area contributed by atoms with Crippen LogP contribution in [0.4, 0.5) is 0 Å². The molecule has 0 spiro atoms. The average molecular weight is 295 g/mol. The Balaban J connectivity index is 2.38. The summed E-state index contributed by atoms with van der Waals surface area (Å²) in [5, 5.41) is 0. The van der Waals surface area contributed by atoms with Gasteiger partial charge in [0.1, 0.15) is 5.69 Å². The predicted molar refractivity (Wildman–Crippen MR) is 79.6 cm³/mol. The van der Waals surface area contributed by atoms with Crippen molar-refractivity contribution in [2.45, 2.75) is 38.8 Å². The van der Waals surface area contributed by atoms with Crippen LogP contribution in [0.5, 0.6) is 5.88 Å². The summed E-state index contributed by atoms with van der Waals surface area (Å²) in [5.41, 5.74) is 0.328. The van der Waals surface area contributed by atoms with Crippen LogP contribution in [0.25, 0.3) is 5.57 Å². The molecule has 2 heterocycles. The number of hydrogen-bond donors (Lipinski definition) is 0. The third kappa shape index (κ3) is 4.28. The topological polar surface area (TPSA) is 38.2 Å². The summed E-state index contributed by atoms with van der Waals surface area (Å²) in [6.45, 7) is -4.97. The van der Waals surface area contributed by atoms with E-state index in [1.54, 1.807) is 6.08 Å². The lowest BCUT2D eigenvalue weighted by molar-refractivity contribution is 0.294. The van der Waals surface area contributed by atoms with E-state index >= 15 is 0 Å². The quantitative estimate of drug-likeness (QED) is 0.774. The van der Waals surface area contributed by atoms with Gasteiger partial charge in [0.2, 0.25) is 0 Å². The molecule has 0 saturated heterocycles. The van der Waals surface area contributed by atoms with Crippen molar-refractivity contribution in [2.75, 3.05) is 26.6 Å². The first-order valence-corrected chi connectivity index (χ1v) is 6.36. The third-order valence-electron chi connectivity index (χ3n) is 2.36. The molecule has 0 saturated carbocycles. The van der Waals surface area contributed by atoms with Gasteiger partial charge in [0, 0.05) is 28.2 Å². The van der Waals surface area contributed by atoms with E-state index in [1.807, 2.05) is 0 Å². The first-order valence-electron chi connectivity index (χ1n) is 12.1. The molecule has 0 radical (unpaired) electrons. The summed E-state index contributed by atoms with van der Waals surface area (Å²) in [7, 11) is 0. The second-order valence-electron chi connectivity index (χ2n) is 3.69. The minimum absolute atomic E-state index is 0.0296. The van der Waals surface area contributed by atoms with Gasteiger partial charge in [-0.15, -0.1) is 4.37 Å². The molecule has 1 aromatic rings. The molecular weight excluding hydrogens is 258 g/mol. The number of ether oxygens (including phenoxy) is 1. The molecule has 5 heteroatoms.